The van der Waals surface area contributed by atoms with Crippen molar-refractivity contribution in [1.29, 1.82) is 0 Å². The maximum Gasteiger partial charge on any atom is 0.244 e. The molecule has 0 spiro atoms. The van der Waals surface area contributed by atoms with Crippen LogP contribution in [0, 0.1) is 0 Å². The van der Waals surface area contributed by atoms with Crippen molar-refractivity contribution < 1.29 is 4.79 Å². The highest BCUT2D eigenvalue weighted by Crippen LogP contribution is 2.26. The van der Waals surface area contributed by atoms with Crippen LogP contribution in [0.15, 0.2) is 49.1 Å². The Bertz CT molecular complexity index is 624. The average molecular weight is 312 g/mol. The summed E-state index contributed by atoms with van der Waals surface area (Å²) in [6.45, 7) is 1.59. The molecule has 0 aliphatic carbocycles. The van der Waals surface area contributed by atoms with Gasteiger partial charge in [0, 0.05) is 25.5 Å². The lowest BCUT2D eigenvalue weighted by atomic mass is 10.0. The van der Waals surface area contributed by atoms with E-state index in [0.717, 1.165) is 31.5 Å². The molecule has 0 unspecified atom stereocenters. The minimum Gasteiger partial charge on any atom is -0.339 e. The fraction of sp³-hybridized carbons (Fsp3) is 0.444. The fourth-order valence-corrected chi connectivity index (χ4v) is 3.35. The molecular formula is C18H24N4O. The molecule has 0 N–H and O–H groups in total. The molecule has 0 bridgehead atoms. The van der Waals surface area contributed by atoms with Gasteiger partial charge in [-0.2, -0.15) is 0 Å². The summed E-state index contributed by atoms with van der Waals surface area (Å²) in [5.74, 6) is 0.186. The second-order valence-corrected chi connectivity index (χ2v) is 6.37. The number of carbonyl (C=O) groups excluding carboxylic acids is 1. The molecule has 122 valence electrons. The summed E-state index contributed by atoms with van der Waals surface area (Å²) >= 11 is 0. The van der Waals surface area contributed by atoms with Gasteiger partial charge >= 0.3 is 0 Å². The van der Waals surface area contributed by atoms with E-state index in [0.29, 0.717) is 6.04 Å². The van der Waals surface area contributed by atoms with E-state index in [9.17, 15) is 4.79 Å². The number of carbonyl (C=O) groups is 1. The standard InChI is InChI=1S/C18H24N4O/c1-20(2)17(15-7-4-3-5-8-15)18(23)21-11-6-9-16(13-21)22-12-10-19-14-22/h3-5,7-8,10,12,14,16-17H,6,9,11,13H2,1-2H3/t16-,17-/m1/s1. The Balaban J connectivity index is 1.77. The zero-order valence-electron chi connectivity index (χ0n) is 13.8. The SMILES string of the molecule is CN(C)[C@@H](C(=O)N1CCC[C@@H](n2ccnc2)C1)c1ccccc1. The van der Waals surface area contributed by atoms with Gasteiger partial charge in [-0.25, -0.2) is 4.98 Å². The Hall–Kier alpha value is -2.14. The Kier molecular flexibility index (Phi) is 4.76. The van der Waals surface area contributed by atoms with Gasteiger partial charge in [-0.3, -0.25) is 9.69 Å². The molecule has 1 aliphatic heterocycles. The first kappa shape index (κ1) is 15.7. The van der Waals surface area contributed by atoms with Gasteiger partial charge in [0.2, 0.25) is 5.91 Å². The van der Waals surface area contributed by atoms with Crippen LogP contribution in [0.5, 0.6) is 0 Å². The van der Waals surface area contributed by atoms with E-state index in [1.54, 1.807) is 6.20 Å². The first-order valence-corrected chi connectivity index (χ1v) is 8.14. The number of benzene rings is 1. The summed E-state index contributed by atoms with van der Waals surface area (Å²) in [7, 11) is 3.93. The quantitative estimate of drug-likeness (QED) is 0.870. The fourth-order valence-electron chi connectivity index (χ4n) is 3.35. The molecule has 1 aliphatic rings. The van der Waals surface area contributed by atoms with Gasteiger partial charge in [0.05, 0.1) is 12.4 Å². The lowest BCUT2D eigenvalue weighted by Crippen LogP contribution is -2.45. The molecule has 1 saturated heterocycles. The van der Waals surface area contributed by atoms with Crippen LogP contribution in [0.25, 0.3) is 0 Å². The maximum atomic E-state index is 13.1. The molecule has 1 fully saturated rings. The van der Waals surface area contributed by atoms with Crippen molar-refractivity contribution in [3.63, 3.8) is 0 Å². The van der Waals surface area contributed by atoms with Crippen molar-refractivity contribution in [2.45, 2.75) is 24.9 Å². The molecule has 1 amide bonds. The molecule has 5 nitrogen and oxygen atoms in total. The van der Waals surface area contributed by atoms with E-state index >= 15 is 0 Å². The Morgan fingerprint density at radius 3 is 2.74 bits per heavy atom. The Morgan fingerprint density at radius 1 is 1.30 bits per heavy atom. The van der Waals surface area contributed by atoms with Crippen LogP contribution in [0.1, 0.15) is 30.5 Å². The van der Waals surface area contributed by atoms with Gasteiger partial charge in [0.25, 0.3) is 0 Å². The Morgan fingerprint density at radius 2 is 2.09 bits per heavy atom. The second kappa shape index (κ2) is 6.96. The number of likely N-dealkylation sites (N-methyl/N-ethyl adjacent to an activating group) is 1. The molecular weight excluding hydrogens is 288 g/mol. The number of hydrogen-bond donors (Lipinski definition) is 0. The van der Waals surface area contributed by atoms with Gasteiger partial charge in [-0.05, 0) is 32.5 Å². The number of piperidine rings is 1. The number of aromatic nitrogens is 2. The molecule has 5 heteroatoms. The largest absolute Gasteiger partial charge is 0.339 e. The van der Waals surface area contributed by atoms with E-state index in [2.05, 4.69) is 9.55 Å². The van der Waals surface area contributed by atoms with Crippen molar-refractivity contribution in [2.75, 3.05) is 27.2 Å². The lowest BCUT2D eigenvalue weighted by Gasteiger charge is -2.37. The monoisotopic (exact) mass is 312 g/mol. The van der Waals surface area contributed by atoms with Crippen molar-refractivity contribution in [3.8, 4) is 0 Å². The molecule has 1 aromatic carbocycles. The smallest absolute Gasteiger partial charge is 0.244 e. The van der Waals surface area contributed by atoms with Crippen molar-refractivity contribution in [3.05, 3.63) is 54.6 Å². The summed E-state index contributed by atoms with van der Waals surface area (Å²) in [5, 5.41) is 0. The van der Waals surface area contributed by atoms with Crippen molar-refractivity contribution >= 4 is 5.91 Å². The van der Waals surface area contributed by atoms with Crippen LogP contribution in [0.4, 0.5) is 0 Å². The zero-order chi connectivity index (χ0) is 16.2. The van der Waals surface area contributed by atoms with E-state index in [-0.39, 0.29) is 11.9 Å². The third-order valence-corrected chi connectivity index (χ3v) is 4.52. The van der Waals surface area contributed by atoms with Crippen LogP contribution in [-0.2, 0) is 4.79 Å². The maximum absolute atomic E-state index is 13.1. The molecule has 1 aromatic heterocycles. The van der Waals surface area contributed by atoms with Gasteiger partial charge < -0.3 is 9.47 Å². The summed E-state index contributed by atoms with van der Waals surface area (Å²) in [6.07, 6.45) is 7.76. The summed E-state index contributed by atoms with van der Waals surface area (Å²) in [5.41, 5.74) is 1.05. The van der Waals surface area contributed by atoms with Crippen molar-refractivity contribution in [2.24, 2.45) is 0 Å². The lowest BCUT2D eigenvalue weighted by molar-refractivity contribution is -0.138. The third-order valence-electron chi connectivity index (χ3n) is 4.52. The summed E-state index contributed by atoms with van der Waals surface area (Å²) in [4.78, 5) is 21.2. The highest BCUT2D eigenvalue weighted by Gasteiger charge is 2.31. The van der Waals surface area contributed by atoms with Gasteiger partial charge in [-0.1, -0.05) is 30.3 Å². The number of imidazole rings is 1. The molecule has 2 aromatic rings. The number of amides is 1. The number of nitrogens with zero attached hydrogens (tertiary/aromatic N) is 4. The van der Waals surface area contributed by atoms with Crippen LogP contribution in [-0.4, -0.2) is 52.4 Å². The molecule has 2 heterocycles. The minimum atomic E-state index is -0.224. The van der Waals surface area contributed by atoms with Crippen LogP contribution < -0.4 is 0 Å². The molecule has 0 saturated carbocycles. The molecule has 3 rings (SSSR count). The van der Waals surface area contributed by atoms with Gasteiger partial charge in [0.1, 0.15) is 6.04 Å². The van der Waals surface area contributed by atoms with Gasteiger partial charge in [0.15, 0.2) is 0 Å². The van der Waals surface area contributed by atoms with Gasteiger partial charge in [-0.15, -0.1) is 0 Å². The van der Waals surface area contributed by atoms with E-state index in [1.165, 1.54) is 0 Å². The highest BCUT2D eigenvalue weighted by molar-refractivity contribution is 5.83. The second-order valence-electron chi connectivity index (χ2n) is 6.37. The summed E-state index contributed by atoms with van der Waals surface area (Å²) < 4.78 is 2.12. The minimum absolute atomic E-state index is 0.186. The predicted octanol–water partition coefficient (Wildman–Crippen LogP) is 2.35. The number of hydrogen-bond acceptors (Lipinski definition) is 3. The topological polar surface area (TPSA) is 41.4 Å². The number of likely N-dealkylation sites (tertiary alicyclic amines) is 1. The molecule has 23 heavy (non-hydrogen) atoms. The summed E-state index contributed by atoms with van der Waals surface area (Å²) in [6, 6.07) is 10.1. The van der Waals surface area contributed by atoms with E-state index in [4.69, 9.17) is 0 Å². The normalized spacial score (nSPS) is 19.8. The highest BCUT2D eigenvalue weighted by atomic mass is 16.2. The van der Waals surface area contributed by atoms with Crippen LogP contribution in [0.2, 0.25) is 0 Å². The zero-order valence-corrected chi connectivity index (χ0v) is 13.8. The third kappa shape index (κ3) is 3.45. The molecule has 0 radical (unpaired) electrons. The first-order chi connectivity index (χ1) is 11.2. The van der Waals surface area contributed by atoms with Crippen molar-refractivity contribution in [1.82, 2.24) is 19.4 Å². The average Bonchev–Trinajstić information content (AvgIpc) is 3.10. The molecule has 2 atom stereocenters. The predicted molar refractivity (Wildman–Crippen MR) is 89.9 cm³/mol. The Labute approximate surface area is 137 Å². The van der Waals surface area contributed by atoms with Crippen LogP contribution in [0.3, 0.4) is 0 Å². The van der Waals surface area contributed by atoms with E-state index < -0.39 is 0 Å². The van der Waals surface area contributed by atoms with Crippen LogP contribution >= 0.6 is 0 Å². The number of rotatable bonds is 4. The van der Waals surface area contributed by atoms with E-state index in [1.807, 2.05) is 66.8 Å². The first-order valence-electron chi connectivity index (χ1n) is 8.14.